The first kappa shape index (κ1) is 28.9. The zero-order chi connectivity index (χ0) is 34.2. The maximum Gasteiger partial charge on any atom is 0.132 e. The van der Waals surface area contributed by atoms with Gasteiger partial charge >= 0.3 is 0 Å². The van der Waals surface area contributed by atoms with E-state index in [2.05, 4.69) is 193 Å². The van der Waals surface area contributed by atoms with Crippen LogP contribution in [0.3, 0.4) is 0 Å². The van der Waals surface area contributed by atoms with Crippen LogP contribution in [0.1, 0.15) is 22.3 Å². The van der Waals surface area contributed by atoms with Crippen LogP contribution in [0.4, 0.5) is 0 Å². The van der Waals surface area contributed by atoms with Crippen molar-refractivity contribution in [2.75, 3.05) is 0 Å². The van der Waals surface area contributed by atoms with Gasteiger partial charge in [-0.25, -0.2) is 0 Å². The number of benzene rings is 8. The van der Waals surface area contributed by atoms with Gasteiger partial charge in [-0.05, 0) is 59.2 Å². The zero-order valence-electron chi connectivity index (χ0n) is 28.2. The molecule has 0 atom stereocenters. The van der Waals surface area contributed by atoms with E-state index in [1.54, 1.807) is 0 Å². The number of ether oxygens (including phenoxy) is 2. The number of hydrogen-bond acceptors (Lipinski definition) is 2. The highest BCUT2D eigenvalue weighted by molar-refractivity contribution is 6.14. The molecule has 0 radical (unpaired) electrons. The van der Waals surface area contributed by atoms with Crippen LogP contribution in [0.5, 0.6) is 23.0 Å². The summed E-state index contributed by atoms with van der Waals surface area (Å²) < 4.78 is 16.2. The lowest BCUT2D eigenvalue weighted by Crippen LogP contribution is -2.37. The summed E-state index contributed by atoms with van der Waals surface area (Å²) in [5, 5.41) is 2.43. The summed E-state index contributed by atoms with van der Waals surface area (Å²) >= 11 is 0. The van der Waals surface area contributed by atoms with Crippen molar-refractivity contribution in [1.82, 2.24) is 4.57 Å². The minimum absolute atomic E-state index is 0.744. The first-order chi connectivity index (χ1) is 25.8. The Balaban J connectivity index is 1.29. The summed E-state index contributed by atoms with van der Waals surface area (Å²) in [7, 11) is 0. The van der Waals surface area contributed by atoms with Gasteiger partial charge in [0.15, 0.2) is 0 Å². The van der Waals surface area contributed by atoms with Gasteiger partial charge in [0.05, 0.1) is 16.4 Å². The average molecular weight is 666 g/mol. The number of hydrogen-bond donors (Lipinski definition) is 0. The fraction of sp³-hybridized carbons (Fsp3) is 0.0204. The van der Waals surface area contributed by atoms with Gasteiger partial charge in [-0.15, -0.1) is 0 Å². The summed E-state index contributed by atoms with van der Waals surface area (Å²) in [4.78, 5) is 0. The summed E-state index contributed by atoms with van der Waals surface area (Å²) in [5.74, 6) is 3.37. The minimum atomic E-state index is -0.744. The van der Waals surface area contributed by atoms with Crippen molar-refractivity contribution in [1.29, 1.82) is 0 Å². The van der Waals surface area contributed by atoms with Gasteiger partial charge in [0.25, 0.3) is 0 Å². The lowest BCUT2D eigenvalue weighted by molar-refractivity contribution is 0.400. The van der Waals surface area contributed by atoms with E-state index >= 15 is 0 Å². The largest absolute Gasteiger partial charge is 0.457 e. The molecule has 52 heavy (non-hydrogen) atoms. The molecule has 3 nitrogen and oxygen atoms in total. The predicted molar refractivity (Wildman–Crippen MR) is 210 cm³/mol. The molecule has 0 fully saturated rings. The molecule has 0 N–H and O–H groups in total. The van der Waals surface area contributed by atoms with E-state index in [1.807, 2.05) is 0 Å². The quantitative estimate of drug-likeness (QED) is 0.187. The van der Waals surface area contributed by atoms with Crippen molar-refractivity contribution in [3.8, 4) is 50.9 Å². The van der Waals surface area contributed by atoms with Gasteiger partial charge in [0.2, 0.25) is 0 Å². The van der Waals surface area contributed by atoms with Crippen molar-refractivity contribution in [3.05, 3.63) is 210 Å². The molecule has 8 aromatic carbocycles. The third kappa shape index (κ3) is 3.96. The molecule has 0 aliphatic carbocycles. The third-order valence-electron chi connectivity index (χ3n) is 10.9. The zero-order valence-corrected chi connectivity index (χ0v) is 28.2. The Morgan fingerprint density at radius 3 is 1.75 bits per heavy atom. The van der Waals surface area contributed by atoms with E-state index in [0.717, 1.165) is 78.7 Å². The van der Waals surface area contributed by atoms with E-state index in [0.29, 0.717) is 0 Å². The fourth-order valence-corrected chi connectivity index (χ4v) is 8.84. The Labute approximate surface area is 301 Å². The molecule has 9 aromatic rings. The van der Waals surface area contributed by atoms with Crippen LogP contribution in [0.25, 0.3) is 49.7 Å². The second-order valence-electron chi connectivity index (χ2n) is 13.6. The summed E-state index contributed by atoms with van der Waals surface area (Å²) in [6.07, 6.45) is 0. The number of para-hydroxylation sites is 5. The van der Waals surface area contributed by atoms with Gasteiger partial charge in [-0.3, -0.25) is 0 Å². The first-order valence-electron chi connectivity index (χ1n) is 17.8. The smallest absolute Gasteiger partial charge is 0.132 e. The summed E-state index contributed by atoms with van der Waals surface area (Å²) in [6.45, 7) is 0. The summed E-state index contributed by atoms with van der Waals surface area (Å²) in [5.41, 5.74) is 11.6. The van der Waals surface area contributed by atoms with Gasteiger partial charge in [0, 0.05) is 44.3 Å². The van der Waals surface area contributed by atoms with Gasteiger partial charge < -0.3 is 14.0 Å². The standard InChI is InChI=1S/C49H31NO2/c1-3-15-32(16-4-1)33-29-30-41-46(31-33)52-45-28-14-20-36(47(45)49(41)39-23-8-11-26-43(39)51-44-27-12-9-24-40(44)49)38-22-13-21-37-35-19-7-10-25-42(35)50(48(37)38)34-17-5-2-6-18-34/h1-31H. The molecule has 0 saturated heterocycles. The number of aromatic nitrogens is 1. The van der Waals surface area contributed by atoms with Crippen LogP contribution in [-0.4, -0.2) is 4.57 Å². The molecular formula is C49H31NO2. The van der Waals surface area contributed by atoms with Crippen LogP contribution in [0.2, 0.25) is 0 Å². The van der Waals surface area contributed by atoms with E-state index < -0.39 is 5.41 Å². The maximum atomic E-state index is 7.10. The molecule has 11 rings (SSSR count). The van der Waals surface area contributed by atoms with Gasteiger partial charge in [0.1, 0.15) is 23.0 Å². The third-order valence-corrected chi connectivity index (χ3v) is 10.9. The van der Waals surface area contributed by atoms with Gasteiger partial charge in [-0.2, -0.15) is 0 Å². The molecule has 0 saturated carbocycles. The molecule has 1 aromatic heterocycles. The number of nitrogens with zero attached hydrogens (tertiary/aromatic N) is 1. The fourth-order valence-electron chi connectivity index (χ4n) is 8.84. The highest BCUT2D eigenvalue weighted by Gasteiger charge is 2.52. The molecule has 2 aliphatic rings. The van der Waals surface area contributed by atoms with Crippen molar-refractivity contribution in [2.45, 2.75) is 5.41 Å². The molecule has 244 valence electrons. The maximum absolute atomic E-state index is 7.10. The Kier molecular flexibility index (Phi) is 6.17. The molecule has 0 bridgehead atoms. The van der Waals surface area contributed by atoms with Crippen LogP contribution in [0, 0.1) is 0 Å². The Morgan fingerprint density at radius 1 is 0.385 bits per heavy atom. The SMILES string of the molecule is c1ccc(-c2ccc3c(c2)Oc2cccc(-c4cccc5c6ccccc6n(-c6ccccc6)c45)c2C32c3ccccc3Oc3ccccc32)cc1. The molecule has 0 unspecified atom stereocenters. The molecule has 1 spiro atoms. The molecular weight excluding hydrogens is 635 g/mol. The van der Waals surface area contributed by atoms with Crippen molar-refractivity contribution < 1.29 is 9.47 Å². The highest BCUT2D eigenvalue weighted by Crippen LogP contribution is 2.63. The second-order valence-corrected chi connectivity index (χ2v) is 13.6. The lowest BCUT2D eigenvalue weighted by Gasteiger charge is -2.45. The van der Waals surface area contributed by atoms with E-state index in [-0.39, 0.29) is 0 Å². The van der Waals surface area contributed by atoms with Gasteiger partial charge in [-0.1, -0.05) is 146 Å². The molecule has 3 heteroatoms. The Morgan fingerprint density at radius 2 is 0.962 bits per heavy atom. The Hall–Kier alpha value is -6.84. The second kappa shape index (κ2) is 11.1. The van der Waals surface area contributed by atoms with Crippen molar-refractivity contribution in [3.63, 3.8) is 0 Å². The predicted octanol–water partition coefficient (Wildman–Crippen LogP) is 12.7. The lowest BCUT2D eigenvalue weighted by atomic mass is 9.60. The van der Waals surface area contributed by atoms with Crippen LogP contribution < -0.4 is 9.47 Å². The summed E-state index contributed by atoms with van der Waals surface area (Å²) in [6, 6.07) is 66.9. The first-order valence-corrected chi connectivity index (χ1v) is 17.8. The van der Waals surface area contributed by atoms with Crippen LogP contribution >= 0.6 is 0 Å². The van der Waals surface area contributed by atoms with Crippen molar-refractivity contribution >= 4 is 21.8 Å². The van der Waals surface area contributed by atoms with E-state index in [9.17, 15) is 0 Å². The van der Waals surface area contributed by atoms with Crippen LogP contribution in [0.15, 0.2) is 188 Å². The molecule has 2 aliphatic heterocycles. The number of fused-ring (bicyclic) bond motifs is 11. The van der Waals surface area contributed by atoms with Crippen molar-refractivity contribution in [2.24, 2.45) is 0 Å². The average Bonchev–Trinajstić information content (AvgIpc) is 3.56. The highest BCUT2D eigenvalue weighted by atomic mass is 16.5. The van der Waals surface area contributed by atoms with Crippen LogP contribution in [-0.2, 0) is 5.41 Å². The van der Waals surface area contributed by atoms with E-state index in [4.69, 9.17) is 9.47 Å². The molecule has 0 amide bonds. The minimum Gasteiger partial charge on any atom is -0.457 e. The molecule has 3 heterocycles. The Bertz CT molecular complexity index is 2810. The normalized spacial score (nSPS) is 13.5. The monoisotopic (exact) mass is 665 g/mol. The topological polar surface area (TPSA) is 23.4 Å². The number of rotatable bonds is 3. The van der Waals surface area contributed by atoms with E-state index in [1.165, 1.54) is 16.3 Å².